The van der Waals surface area contributed by atoms with Crippen molar-refractivity contribution in [1.29, 1.82) is 5.26 Å². The molecule has 4 heteroatoms. The van der Waals surface area contributed by atoms with Crippen LogP contribution in [0.25, 0.3) is 0 Å². The first kappa shape index (κ1) is 14.8. The summed E-state index contributed by atoms with van der Waals surface area (Å²) in [5.41, 5.74) is -0.401. The van der Waals surface area contributed by atoms with Crippen LogP contribution in [-0.4, -0.2) is 47.8 Å². The molecule has 4 atom stereocenters. The van der Waals surface area contributed by atoms with Gasteiger partial charge in [0.2, 0.25) is 0 Å². The zero-order chi connectivity index (χ0) is 14.0. The normalized spacial score (nSPS) is 33.4. The lowest BCUT2D eigenvalue weighted by molar-refractivity contribution is -0.0664. The van der Waals surface area contributed by atoms with E-state index in [1.807, 2.05) is 6.92 Å². The van der Waals surface area contributed by atoms with Crippen molar-refractivity contribution in [3.63, 3.8) is 0 Å². The molecule has 0 spiro atoms. The summed E-state index contributed by atoms with van der Waals surface area (Å²) < 4.78 is 5.68. The van der Waals surface area contributed by atoms with Gasteiger partial charge in [-0.2, -0.15) is 5.26 Å². The Labute approximate surface area is 117 Å². The molecule has 1 aliphatic carbocycles. The number of hydrogen-bond donors (Lipinski definition) is 1. The Morgan fingerprint density at radius 1 is 1.47 bits per heavy atom. The number of nitrogens with zero attached hydrogens (tertiary/aromatic N) is 2. The van der Waals surface area contributed by atoms with Crippen LogP contribution in [0.1, 0.15) is 47.0 Å². The summed E-state index contributed by atoms with van der Waals surface area (Å²) in [6.45, 7) is 10.4. The SMILES string of the molecule is CC1CN(C(C)CC(C)(C#N)NC2CC2)C(C)CO1. The first-order valence-electron chi connectivity index (χ1n) is 7.50. The fourth-order valence-electron chi connectivity index (χ4n) is 3.07. The monoisotopic (exact) mass is 265 g/mol. The maximum absolute atomic E-state index is 9.47. The first-order valence-corrected chi connectivity index (χ1v) is 7.50. The van der Waals surface area contributed by atoms with Crippen LogP contribution in [0.3, 0.4) is 0 Å². The summed E-state index contributed by atoms with van der Waals surface area (Å²) in [7, 11) is 0. The van der Waals surface area contributed by atoms with Gasteiger partial charge in [-0.25, -0.2) is 0 Å². The molecule has 1 saturated carbocycles. The molecule has 2 aliphatic rings. The molecule has 4 unspecified atom stereocenters. The second kappa shape index (κ2) is 5.78. The molecular formula is C15H27N3O. The van der Waals surface area contributed by atoms with Crippen molar-refractivity contribution in [3.05, 3.63) is 0 Å². The van der Waals surface area contributed by atoms with E-state index in [-0.39, 0.29) is 0 Å². The van der Waals surface area contributed by atoms with E-state index in [1.54, 1.807) is 0 Å². The van der Waals surface area contributed by atoms with E-state index in [2.05, 4.69) is 37.1 Å². The summed E-state index contributed by atoms with van der Waals surface area (Å²) in [4.78, 5) is 2.48. The molecular weight excluding hydrogens is 238 g/mol. The van der Waals surface area contributed by atoms with Gasteiger partial charge in [0.05, 0.1) is 18.8 Å². The minimum absolute atomic E-state index is 0.295. The van der Waals surface area contributed by atoms with Crippen LogP contribution in [0.15, 0.2) is 0 Å². The molecule has 0 aromatic carbocycles. The van der Waals surface area contributed by atoms with Gasteiger partial charge >= 0.3 is 0 Å². The van der Waals surface area contributed by atoms with Gasteiger partial charge in [-0.15, -0.1) is 0 Å². The molecule has 0 radical (unpaired) electrons. The summed E-state index contributed by atoms with van der Waals surface area (Å²) in [5, 5.41) is 13.0. The van der Waals surface area contributed by atoms with Gasteiger partial charge < -0.3 is 4.74 Å². The van der Waals surface area contributed by atoms with Gasteiger partial charge in [-0.3, -0.25) is 10.2 Å². The van der Waals surface area contributed by atoms with Crippen molar-refractivity contribution in [1.82, 2.24) is 10.2 Å². The van der Waals surface area contributed by atoms with E-state index in [4.69, 9.17) is 4.74 Å². The third-order valence-electron chi connectivity index (χ3n) is 4.27. The summed E-state index contributed by atoms with van der Waals surface area (Å²) in [5.74, 6) is 0. The van der Waals surface area contributed by atoms with E-state index in [0.29, 0.717) is 24.2 Å². The van der Waals surface area contributed by atoms with Crippen molar-refractivity contribution in [2.45, 2.75) is 76.7 Å². The molecule has 1 N–H and O–H groups in total. The Morgan fingerprint density at radius 2 is 2.16 bits per heavy atom. The minimum atomic E-state index is -0.401. The highest BCUT2D eigenvalue weighted by Crippen LogP contribution is 2.26. The van der Waals surface area contributed by atoms with Gasteiger partial charge in [0.15, 0.2) is 0 Å². The smallest absolute Gasteiger partial charge is 0.105 e. The van der Waals surface area contributed by atoms with Gasteiger partial charge in [-0.1, -0.05) is 0 Å². The van der Waals surface area contributed by atoms with E-state index < -0.39 is 5.54 Å². The topological polar surface area (TPSA) is 48.3 Å². The average Bonchev–Trinajstić information content (AvgIpc) is 3.15. The number of nitriles is 1. The molecule has 0 aromatic heterocycles. The maximum Gasteiger partial charge on any atom is 0.105 e. The van der Waals surface area contributed by atoms with Crippen LogP contribution in [-0.2, 0) is 4.74 Å². The molecule has 1 saturated heterocycles. The van der Waals surface area contributed by atoms with E-state index >= 15 is 0 Å². The Morgan fingerprint density at radius 3 is 2.74 bits per heavy atom. The van der Waals surface area contributed by atoms with Crippen molar-refractivity contribution in [3.8, 4) is 6.07 Å². The Hall–Kier alpha value is -0.630. The molecule has 1 heterocycles. The van der Waals surface area contributed by atoms with Gasteiger partial charge in [-0.05, 0) is 47.0 Å². The van der Waals surface area contributed by atoms with E-state index in [0.717, 1.165) is 19.6 Å². The predicted octanol–water partition coefficient (Wildman–Crippen LogP) is 1.91. The molecule has 0 aromatic rings. The van der Waals surface area contributed by atoms with Crippen molar-refractivity contribution < 1.29 is 4.74 Å². The van der Waals surface area contributed by atoms with Crippen LogP contribution >= 0.6 is 0 Å². The summed E-state index contributed by atoms with van der Waals surface area (Å²) in [6, 6.07) is 3.88. The van der Waals surface area contributed by atoms with Crippen LogP contribution < -0.4 is 5.32 Å². The predicted molar refractivity (Wildman–Crippen MR) is 75.8 cm³/mol. The number of hydrogen-bond acceptors (Lipinski definition) is 4. The zero-order valence-corrected chi connectivity index (χ0v) is 12.6. The highest BCUT2D eigenvalue weighted by atomic mass is 16.5. The van der Waals surface area contributed by atoms with Crippen molar-refractivity contribution in [2.75, 3.05) is 13.2 Å². The second-order valence-electron chi connectivity index (χ2n) is 6.61. The zero-order valence-electron chi connectivity index (χ0n) is 12.6. The quantitative estimate of drug-likeness (QED) is 0.825. The Bertz CT molecular complexity index is 350. The molecule has 4 nitrogen and oxygen atoms in total. The van der Waals surface area contributed by atoms with Crippen LogP contribution in [0, 0.1) is 11.3 Å². The van der Waals surface area contributed by atoms with Gasteiger partial charge in [0.25, 0.3) is 0 Å². The maximum atomic E-state index is 9.47. The lowest BCUT2D eigenvalue weighted by Crippen LogP contribution is -2.54. The van der Waals surface area contributed by atoms with Crippen molar-refractivity contribution in [2.24, 2.45) is 0 Å². The number of nitrogens with one attached hydrogen (secondary N) is 1. The number of ether oxygens (including phenoxy) is 1. The highest BCUT2D eigenvalue weighted by molar-refractivity contribution is 5.08. The fraction of sp³-hybridized carbons (Fsp3) is 0.933. The largest absolute Gasteiger partial charge is 0.376 e. The second-order valence-corrected chi connectivity index (χ2v) is 6.61. The van der Waals surface area contributed by atoms with Gasteiger partial charge in [0.1, 0.15) is 5.54 Å². The third-order valence-corrected chi connectivity index (χ3v) is 4.27. The summed E-state index contributed by atoms with van der Waals surface area (Å²) in [6.07, 6.45) is 3.60. The Kier molecular flexibility index (Phi) is 4.50. The average molecular weight is 265 g/mol. The fourth-order valence-corrected chi connectivity index (χ4v) is 3.07. The van der Waals surface area contributed by atoms with E-state index in [9.17, 15) is 5.26 Å². The number of morpholine rings is 1. The lowest BCUT2D eigenvalue weighted by Gasteiger charge is -2.42. The van der Waals surface area contributed by atoms with Crippen LogP contribution in [0.4, 0.5) is 0 Å². The first-order chi connectivity index (χ1) is 8.93. The molecule has 0 amide bonds. The molecule has 108 valence electrons. The van der Waals surface area contributed by atoms with Gasteiger partial charge in [0, 0.05) is 24.7 Å². The third kappa shape index (κ3) is 3.92. The van der Waals surface area contributed by atoms with Crippen LogP contribution in [0.5, 0.6) is 0 Å². The minimum Gasteiger partial charge on any atom is -0.376 e. The molecule has 0 bridgehead atoms. The van der Waals surface area contributed by atoms with E-state index in [1.165, 1.54) is 12.8 Å². The highest BCUT2D eigenvalue weighted by Gasteiger charge is 2.36. The lowest BCUT2D eigenvalue weighted by atomic mass is 9.93. The molecule has 1 aliphatic heterocycles. The molecule has 2 fully saturated rings. The number of rotatable bonds is 5. The summed E-state index contributed by atoms with van der Waals surface area (Å²) >= 11 is 0. The van der Waals surface area contributed by atoms with Crippen LogP contribution in [0.2, 0.25) is 0 Å². The Balaban J connectivity index is 1.94. The standard InChI is InChI=1S/C15H27N3O/c1-11(18-8-13(3)19-9-12(18)2)7-15(4,10-16)17-14-5-6-14/h11-14,17H,5-9H2,1-4H3. The molecule has 2 rings (SSSR count). The molecule has 19 heavy (non-hydrogen) atoms. The van der Waals surface area contributed by atoms with Crippen molar-refractivity contribution >= 4 is 0 Å².